The van der Waals surface area contributed by atoms with Crippen molar-refractivity contribution in [2.75, 3.05) is 26.1 Å². The predicted molar refractivity (Wildman–Crippen MR) is 176 cm³/mol. The molecular weight excluding hydrogens is 566 g/mol. The third-order valence-corrected chi connectivity index (χ3v) is 9.32. The van der Waals surface area contributed by atoms with Crippen molar-refractivity contribution in [2.45, 2.75) is 65.1 Å². The molecule has 2 aliphatic rings. The number of nitrogens with zero attached hydrogens (tertiary/aromatic N) is 1. The van der Waals surface area contributed by atoms with E-state index in [0.29, 0.717) is 29.0 Å². The molecule has 8 heteroatoms. The quantitative estimate of drug-likeness (QED) is 0.311. The minimum absolute atomic E-state index is 0.0282. The number of carbonyl (C=O) groups excluding carboxylic acids is 3. The van der Waals surface area contributed by atoms with Crippen molar-refractivity contribution in [1.29, 1.82) is 0 Å². The minimum Gasteiger partial charge on any atom is -0.496 e. The molecule has 1 aliphatic carbocycles. The predicted octanol–water partition coefficient (Wildman–Crippen LogP) is 6.18. The van der Waals surface area contributed by atoms with Crippen LogP contribution in [0.15, 0.2) is 72.8 Å². The smallest absolute Gasteiger partial charge is 0.338 e. The van der Waals surface area contributed by atoms with Crippen molar-refractivity contribution in [2.24, 2.45) is 5.41 Å². The van der Waals surface area contributed by atoms with Crippen LogP contribution in [0.3, 0.4) is 0 Å². The molecule has 3 unspecified atom stereocenters. The first-order valence-electron chi connectivity index (χ1n) is 15.3. The van der Waals surface area contributed by atoms with Gasteiger partial charge in [0.15, 0.2) is 0 Å². The fraction of sp³-hybridized carbons (Fsp3) is 0.378. The van der Waals surface area contributed by atoms with Crippen molar-refractivity contribution < 1.29 is 23.9 Å². The maximum Gasteiger partial charge on any atom is 0.338 e. The zero-order valence-electron chi connectivity index (χ0n) is 27.4. The van der Waals surface area contributed by atoms with Gasteiger partial charge in [0.05, 0.1) is 24.3 Å². The van der Waals surface area contributed by atoms with Crippen molar-refractivity contribution in [3.8, 4) is 5.75 Å². The van der Waals surface area contributed by atoms with Crippen LogP contribution in [0, 0.1) is 19.3 Å². The summed E-state index contributed by atoms with van der Waals surface area (Å²) < 4.78 is 12.0. The number of hydrogen-bond donors (Lipinski definition) is 2. The van der Waals surface area contributed by atoms with Crippen LogP contribution in [0.4, 0.5) is 5.69 Å². The molecular formula is C37H43N3O5. The summed E-state index contributed by atoms with van der Waals surface area (Å²) in [6.07, 6.45) is 2.79. The average molecular weight is 610 g/mol. The van der Waals surface area contributed by atoms with Crippen LogP contribution in [0.2, 0.25) is 0 Å². The molecule has 236 valence electrons. The minimum atomic E-state index is -0.833. The summed E-state index contributed by atoms with van der Waals surface area (Å²) in [6, 6.07) is 19.9. The first-order chi connectivity index (χ1) is 21.2. The number of fused-ring (bicyclic) bond motifs is 1. The summed E-state index contributed by atoms with van der Waals surface area (Å²) >= 11 is 0. The molecule has 5 rings (SSSR count). The van der Waals surface area contributed by atoms with Crippen LogP contribution in [0.1, 0.15) is 71.5 Å². The molecule has 3 aromatic rings. The Morgan fingerprint density at radius 3 is 2.36 bits per heavy atom. The molecule has 0 saturated carbocycles. The van der Waals surface area contributed by atoms with Crippen molar-refractivity contribution in [3.63, 3.8) is 0 Å². The normalized spacial score (nSPS) is 23.9. The molecule has 2 N–H and O–H groups in total. The third kappa shape index (κ3) is 5.87. The summed E-state index contributed by atoms with van der Waals surface area (Å²) in [7, 11) is 3.42. The highest BCUT2D eigenvalue weighted by Gasteiger charge is 2.60. The van der Waals surface area contributed by atoms with E-state index in [1.54, 1.807) is 31.4 Å². The fourth-order valence-electron chi connectivity index (χ4n) is 7.39. The van der Waals surface area contributed by atoms with Crippen LogP contribution < -0.4 is 15.4 Å². The standard InChI is InChI=1S/C37H43N3O5/c1-23-13-15-25(16-14-23)32(42)45-22-36(5)29(19-20-37(6)33(36)40(7)34(43)35(3,4)39-37)28-18-17-26(21-30(28)44-8)38-31(41)27-12-10-9-11-24(27)2/h9-19,21,33,39H,20,22H2,1-8H3,(H,38,41). The highest BCUT2D eigenvalue weighted by molar-refractivity contribution is 6.05. The summed E-state index contributed by atoms with van der Waals surface area (Å²) in [5.74, 6) is -0.119. The van der Waals surface area contributed by atoms with Gasteiger partial charge in [0.25, 0.3) is 5.91 Å². The number of ether oxygens (including phenoxy) is 2. The van der Waals surface area contributed by atoms with Gasteiger partial charge in [-0.15, -0.1) is 0 Å². The van der Waals surface area contributed by atoms with Crippen LogP contribution in [-0.2, 0) is 9.53 Å². The van der Waals surface area contributed by atoms with Crippen LogP contribution in [0.5, 0.6) is 5.75 Å². The van der Waals surface area contributed by atoms with E-state index in [2.05, 4.69) is 23.6 Å². The average Bonchev–Trinajstić information content (AvgIpc) is 2.99. The van der Waals surface area contributed by atoms with Crippen molar-refractivity contribution in [1.82, 2.24) is 10.2 Å². The molecule has 3 aromatic carbocycles. The molecule has 2 amide bonds. The van der Waals surface area contributed by atoms with Gasteiger partial charge in [-0.05, 0) is 82.5 Å². The van der Waals surface area contributed by atoms with Gasteiger partial charge < -0.3 is 19.7 Å². The lowest BCUT2D eigenvalue weighted by molar-refractivity contribution is -0.153. The van der Waals surface area contributed by atoms with Gasteiger partial charge in [0.1, 0.15) is 12.4 Å². The Hall–Kier alpha value is -4.43. The molecule has 1 fully saturated rings. The Morgan fingerprint density at radius 2 is 1.69 bits per heavy atom. The van der Waals surface area contributed by atoms with Crippen molar-refractivity contribution in [3.05, 3.63) is 101 Å². The van der Waals surface area contributed by atoms with Crippen LogP contribution in [0.25, 0.3) is 5.57 Å². The maximum atomic E-state index is 13.6. The number of esters is 1. The lowest BCUT2D eigenvalue weighted by Gasteiger charge is -2.61. The Balaban J connectivity index is 1.54. The molecule has 0 bridgehead atoms. The SMILES string of the molecule is COc1cc(NC(=O)c2ccccc2C)ccc1C1=CCC2(C)NC(C)(C)C(=O)N(C)C2C1(C)COC(=O)c1ccc(C)cc1. The van der Waals surface area contributed by atoms with Crippen molar-refractivity contribution >= 4 is 29.0 Å². The van der Waals surface area contributed by atoms with Gasteiger partial charge in [0, 0.05) is 40.9 Å². The largest absolute Gasteiger partial charge is 0.496 e. The summed E-state index contributed by atoms with van der Waals surface area (Å²) in [5, 5.41) is 6.62. The van der Waals surface area contributed by atoms with E-state index in [4.69, 9.17) is 9.47 Å². The second kappa shape index (κ2) is 11.8. The number of hydrogen-bond acceptors (Lipinski definition) is 6. The number of aryl methyl sites for hydroxylation is 2. The Labute approximate surface area is 265 Å². The topological polar surface area (TPSA) is 97.0 Å². The van der Waals surface area contributed by atoms with E-state index >= 15 is 0 Å². The molecule has 8 nitrogen and oxygen atoms in total. The number of carbonyl (C=O) groups is 3. The molecule has 3 atom stereocenters. The monoisotopic (exact) mass is 609 g/mol. The number of piperazine rings is 1. The van der Waals surface area contributed by atoms with Crippen LogP contribution >= 0.6 is 0 Å². The number of rotatable bonds is 7. The Kier molecular flexibility index (Phi) is 8.40. The second-order valence-electron chi connectivity index (χ2n) is 13.4. The van der Waals surface area contributed by atoms with Gasteiger partial charge in [-0.3, -0.25) is 14.9 Å². The van der Waals surface area contributed by atoms with E-state index in [9.17, 15) is 14.4 Å². The molecule has 0 radical (unpaired) electrons. The van der Waals surface area contributed by atoms with E-state index in [1.807, 2.05) is 89.0 Å². The van der Waals surface area contributed by atoms with E-state index in [1.165, 1.54) is 0 Å². The van der Waals surface area contributed by atoms with E-state index in [0.717, 1.165) is 22.3 Å². The first kappa shape index (κ1) is 32.0. The third-order valence-electron chi connectivity index (χ3n) is 9.32. The van der Waals surface area contributed by atoms with E-state index < -0.39 is 22.5 Å². The van der Waals surface area contributed by atoms with Gasteiger partial charge >= 0.3 is 5.97 Å². The maximum absolute atomic E-state index is 13.6. The first-order valence-corrected chi connectivity index (χ1v) is 15.3. The number of likely N-dealkylation sites (N-methyl/N-ethyl adjacent to an activating group) is 1. The molecule has 45 heavy (non-hydrogen) atoms. The lowest BCUT2D eigenvalue weighted by atomic mass is 9.59. The number of nitrogens with one attached hydrogen (secondary N) is 2. The Bertz CT molecular complexity index is 1680. The number of amides is 2. The molecule has 1 heterocycles. The Morgan fingerprint density at radius 1 is 1.00 bits per heavy atom. The molecule has 1 aliphatic heterocycles. The number of anilines is 1. The molecule has 0 spiro atoms. The molecule has 0 aromatic heterocycles. The van der Waals surface area contributed by atoms with Gasteiger partial charge in [0.2, 0.25) is 5.91 Å². The van der Waals surface area contributed by atoms with Gasteiger partial charge in [-0.2, -0.15) is 0 Å². The summed E-state index contributed by atoms with van der Waals surface area (Å²) in [4.78, 5) is 41.8. The molecule has 1 saturated heterocycles. The lowest BCUT2D eigenvalue weighted by Crippen LogP contribution is -2.78. The zero-order chi connectivity index (χ0) is 32.7. The number of methoxy groups -OCH3 is 1. The van der Waals surface area contributed by atoms with Gasteiger partial charge in [-0.1, -0.05) is 48.9 Å². The highest BCUT2D eigenvalue weighted by atomic mass is 16.5. The highest BCUT2D eigenvalue weighted by Crippen LogP contribution is 2.53. The van der Waals surface area contributed by atoms with Gasteiger partial charge in [-0.25, -0.2) is 4.79 Å². The fourth-order valence-corrected chi connectivity index (χ4v) is 7.39. The van der Waals surface area contributed by atoms with Crippen LogP contribution in [-0.4, -0.2) is 60.6 Å². The number of benzene rings is 3. The summed E-state index contributed by atoms with van der Waals surface area (Å²) in [5.41, 5.74) is 3.18. The van der Waals surface area contributed by atoms with E-state index in [-0.39, 0.29) is 24.5 Å². The zero-order valence-corrected chi connectivity index (χ0v) is 27.4. The summed E-state index contributed by atoms with van der Waals surface area (Å²) in [6.45, 7) is 11.9. The second-order valence-corrected chi connectivity index (χ2v) is 13.4.